The maximum absolute atomic E-state index is 9.77. The molecule has 0 aliphatic heterocycles. The van der Waals surface area contributed by atoms with E-state index in [1.165, 1.54) is 0 Å². The Hall–Kier alpha value is -0.0800. The van der Waals surface area contributed by atoms with Gasteiger partial charge >= 0.3 is 0 Å². The lowest BCUT2D eigenvalue weighted by molar-refractivity contribution is -0.0456. The minimum atomic E-state index is -0.131. The Morgan fingerprint density at radius 2 is 2.00 bits per heavy atom. The number of fused-ring (bicyclic) bond motifs is 1. The molecule has 2 heteroatoms. The summed E-state index contributed by atoms with van der Waals surface area (Å²) in [5, 5.41) is 9.77. The highest BCUT2D eigenvalue weighted by molar-refractivity contribution is 5.14. The van der Waals surface area contributed by atoms with Crippen molar-refractivity contribution in [1.82, 2.24) is 0 Å². The molecule has 0 aromatic rings. The zero-order chi connectivity index (χ0) is 8.98. The number of aliphatic hydroxyl groups is 1. The molecule has 0 bridgehead atoms. The molecule has 2 fully saturated rings. The predicted octanol–water partition coefficient (Wildman–Crippen LogP) is 1.57. The molecule has 3 atom stereocenters. The van der Waals surface area contributed by atoms with E-state index >= 15 is 0 Å². The van der Waals surface area contributed by atoms with E-state index in [0.29, 0.717) is 5.92 Å². The van der Waals surface area contributed by atoms with Gasteiger partial charge in [0.05, 0.1) is 11.7 Å². The van der Waals surface area contributed by atoms with Crippen LogP contribution >= 0.6 is 0 Å². The Labute approximate surface area is 73.9 Å². The molecule has 1 N–H and O–H groups in total. The molecule has 12 heavy (non-hydrogen) atoms. The summed E-state index contributed by atoms with van der Waals surface area (Å²) in [4.78, 5) is 0. The van der Waals surface area contributed by atoms with Crippen molar-refractivity contribution in [2.75, 3.05) is 7.11 Å². The third-order valence-electron chi connectivity index (χ3n) is 3.49. The zero-order valence-electron chi connectivity index (χ0n) is 8.13. The third-order valence-corrected chi connectivity index (χ3v) is 3.49. The summed E-state index contributed by atoms with van der Waals surface area (Å²) in [6.07, 6.45) is 2.98. The van der Waals surface area contributed by atoms with E-state index in [1.807, 2.05) is 0 Å². The van der Waals surface area contributed by atoms with Gasteiger partial charge in [-0.25, -0.2) is 0 Å². The van der Waals surface area contributed by atoms with E-state index in [-0.39, 0.29) is 17.1 Å². The van der Waals surface area contributed by atoms with Crippen LogP contribution < -0.4 is 0 Å². The fraction of sp³-hybridized carbons (Fsp3) is 1.00. The van der Waals surface area contributed by atoms with Gasteiger partial charge in [0, 0.05) is 13.0 Å². The second-order valence-electron chi connectivity index (χ2n) is 5.19. The second-order valence-corrected chi connectivity index (χ2v) is 5.19. The zero-order valence-corrected chi connectivity index (χ0v) is 8.13. The molecule has 0 heterocycles. The van der Waals surface area contributed by atoms with E-state index in [0.717, 1.165) is 19.3 Å². The van der Waals surface area contributed by atoms with Crippen LogP contribution in [0.25, 0.3) is 0 Å². The van der Waals surface area contributed by atoms with Crippen molar-refractivity contribution in [2.45, 2.75) is 44.8 Å². The lowest BCUT2D eigenvalue weighted by Crippen LogP contribution is -2.37. The van der Waals surface area contributed by atoms with Crippen LogP contribution in [-0.2, 0) is 4.74 Å². The van der Waals surface area contributed by atoms with Gasteiger partial charge in [-0.05, 0) is 24.7 Å². The van der Waals surface area contributed by atoms with Crippen LogP contribution in [0.15, 0.2) is 0 Å². The van der Waals surface area contributed by atoms with Gasteiger partial charge < -0.3 is 9.84 Å². The van der Waals surface area contributed by atoms with Crippen LogP contribution in [-0.4, -0.2) is 23.9 Å². The van der Waals surface area contributed by atoms with Gasteiger partial charge in [-0.3, -0.25) is 0 Å². The highest BCUT2D eigenvalue weighted by Crippen LogP contribution is 2.60. The van der Waals surface area contributed by atoms with Crippen molar-refractivity contribution in [3.05, 3.63) is 0 Å². The van der Waals surface area contributed by atoms with Gasteiger partial charge in [-0.15, -0.1) is 0 Å². The summed E-state index contributed by atoms with van der Waals surface area (Å²) in [7, 11) is 1.77. The number of ether oxygens (including phenoxy) is 1. The normalized spacial score (nSPS) is 50.0. The molecule has 0 aromatic carbocycles. The molecule has 2 aliphatic rings. The van der Waals surface area contributed by atoms with E-state index in [2.05, 4.69) is 13.8 Å². The first-order valence-electron chi connectivity index (χ1n) is 4.72. The van der Waals surface area contributed by atoms with Gasteiger partial charge in [0.25, 0.3) is 0 Å². The molecular formula is C10H18O2. The molecule has 0 amide bonds. The maximum atomic E-state index is 9.77. The van der Waals surface area contributed by atoms with Gasteiger partial charge in [0.15, 0.2) is 0 Å². The molecule has 0 aromatic heterocycles. The maximum Gasteiger partial charge on any atom is 0.0742 e. The Balaban J connectivity index is 2.15. The van der Waals surface area contributed by atoms with Crippen LogP contribution in [0, 0.1) is 11.3 Å². The molecule has 2 saturated carbocycles. The highest BCUT2D eigenvalue weighted by atomic mass is 16.5. The van der Waals surface area contributed by atoms with Crippen molar-refractivity contribution in [3.8, 4) is 0 Å². The van der Waals surface area contributed by atoms with Gasteiger partial charge in [0.2, 0.25) is 0 Å². The molecule has 70 valence electrons. The fourth-order valence-electron chi connectivity index (χ4n) is 2.90. The molecule has 0 radical (unpaired) electrons. The van der Waals surface area contributed by atoms with Gasteiger partial charge in [0.1, 0.15) is 0 Å². The van der Waals surface area contributed by atoms with E-state index < -0.39 is 0 Å². The number of aliphatic hydroxyl groups excluding tert-OH is 1. The van der Waals surface area contributed by atoms with Gasteiger partial charge in [-0.1, -0.05) is 13.8 Å². The summed E-state index contributed by atoms with van der Waals surface area (Å²) in [6.45, 7) is 4.43. The average molecular weight is 170 g/mol. The molecule has 0 spiro atoms. The lowest BCUT2D eigenvalue weighted by atomic mass is 9.75. The van der Waals surface area contributed by atoms with Crippen LogP contribution in [0.3, 0.4) is 0 Å². The van der Waals surface area contributed by atoms with Crippen molar-refractivity contribution in [2.24, 2.45) is 11.3 Å². The summed E-state index contributed by atoms with van der Waals surface area (Å²) in [5.74, 6) is 0.426. The standard InChI is InChI=1S/C10H18O2/c1-9(2)5-8(11)7-4-10(7,6-9)12-3/h7-8,11H,4-6H2,1-3H3/t7-,8-,10-/m1/s1. The van der Waals surface area contributed by atoms with Crippen LogP contribution in [0.1, 0.15) is 33.1 Å². The monoisotopic (exact) mass is 170 g/mol. The van der Waals surface area contributed by atoms with Crippen molar-refractivity contribution in [1.29, 1.82) is 0 Å². The summed E-state index contributed by atoms with van der Waals surface area (Å²) >= 11 is 0. The average Bonchev–Trinajstić information content (AvgIpc) is 2.61. The number of hydrogen-bond acceptors (Lipinski definition) is 2. The summed E-state index contributed by atoms with van der Waals surface area (Å²) in [6, 6.07) is 0. The largest absolute Gasteiger partial charge is 0.393 e. The van der Waals surface area contributed by atoms with E-state index in [9.17, 15) is 5.11 Å². The predicted molar refractivity (Wildman–Crippen MR) is 46.9 cm³/mol. The van der Waals surface area contributed by atoms with Crippen LogP contribution in [0.2, 0.25) is 0 Å². The Kier molecular flexibility index (Phi) is 1.59. The minimum Gasteiger partial charge on any atom is -0.393 e. The lowest BCUT2D eigenvalue weighted by Gasteiger charge is -2.37. The highest BCUT2D eigenvalue weighted by Gasteiger charge is 2.63. The first-order valence-corrected chi connectivity index (χ1v) is 4.72. The number of hydrogen-bond donors (Lipinski definition) is 1. The third kappa shape index (κ3) is 1.09. The quantitative estimate of drug-likeness (QED) is 0.647. The smallest absolute Gasteiger partial charge is 0.0742 e. The van der Waals surface area contributed by atoms with E-state index in [1.54, 1.807) is 7.11 Å². The molecule has 2 aliphatic carbocycles. The Bertz CT molecular complexity index is 200. The van der Waals surface area contributed by atoms with Crippen molar-refractivity contribution >= 4 is 0 Å². The molecule has 2 nitrogen and oxygen atoms in total. The summed E-state index contributed by atoms with van der Waals surface area (Å²) in [5.41, 5.74) is 0.295. The molecule has 0 unspecified atom stereocenters. The Morgan fingerprint density at radius 3 is 2.58 bits per heavy atom. The Morgan fingerprint density at radius 1 is 1.33 bits per heavy atom. The molecule has 2 rings (SSSR count). The topological polar surface area (TPSA) is 29.5 Å². The van der Waals surface area contributed by atoms with Gasteiger partial charge in [-0.2, -0.15) is 0 Å². The SMILES string of the molecule is CO[C@@]12C[C@@H]1[C@H](O)CC(C)(C)C2. The first-order chi connectivity index (χ1) is 5.49. The van der Waals surface area contributed by atoms with Crippen molar-refractivity contribution in [3.63, 3.8) is 0 Å². The van der Waals surface area contributed by atoms with Crippen molar-refractivity contribution < 1.29 is 9.84 Å². The molecule has 0 saturated heterocycles. The fourth-order valence-corrected chi connectivity index (χ4v) is 2.90. The van der Waals surface area contributed by atoms with Crippen LogP contribution in [0.5, 0.6) is 0 Å². The molecular weight excluding hydrogens is 152 g/mol. The van der Waals surface area contributed by atoms with E-state index in [4.69, 9.17) is 4.74 Å². The first kappa shape index (κ1) is 8.52. The second kappa shape index (κ2) is 2.24. The minimum absolute atomic E-state index is 0.0428. The van der Waals surface area contributed by atoms with Crippen LogP contribution in [0.4, 0.5) is 0 Å². The number of methoxy groups -OCH3 is 1. The summed E-state index contributed by atoms with van der Waals surface area (Å²) < 4.78 is 5.50. The number of rotatable bonds is 1.